The van der Waals surface area contributed by atoms with Crippen LogP contribution in [0.4, 0.5) is 0 Å². The fraction of sp³-hybridized carbons (Fsp3) is 0.286. The smallest absolute Gasteiger partial charge is 0.166 e. The summed E-state index contributed by atoms with van der Waals surface area (Å²) in [4.78, 5) is 11.7. The van der Waals surface area contributed by atoms with E-state index in [1.54, 1.807) is 6.20 Å². The molecule has 0 atom stereocenters. The van der Waals surface area contributed by atoms with Crippen molar-refractivity contribution in [3.63, 3.8) is 0 Å². The third-order valence-electron chi connectivity index (χ3n) is 3.29. The van der Waals surface area contributed by atoms with Crippen molar-refractivity contribution < 1.29 is 4.79 Å². The van der Waals surface area contributed by atoms with Gasteiger partial charge in [-0.3, -0.25) is 9.48 Å². The lowest BCUT2D eigenvalue weighted by atomic mass is 9.97. The van der Waals surface area contributed by atoms with Crippen LogP contribution < -0.4 is 0 Å². The molecule has 0 aliphatic heterocycles. The maximum absolute atomic E-state index is 11.7. The topological polar surface area (TPSA) is 34.9 Å². The molecule has 0 radical (unpaired) electrons. The van der Waals surface area contributed by atoms with Gasteiger partial charge in [-0.2, -0.15) is 5.10 Å². The summed E-state index contributed by atoms with van der Waals surface area (Å²) < 4.78 is 1.91. The van der Waals surface area contributed by atoms with E-state index < -0.39 is 0 Å². The van der Waals surface area contributed by atoms with Crippen molar-refractivity contribution in [2.45, 2.75) is 25.8 Å². The molecule has 1 heterocycles. The Morgan fingerprint density at radius 3 is 3.06 bits per heavy atom. The minimum absolute atomic E-state index is 0.216. The quantitative estimate of drug-likeness (QED) is 0.832. The standard InChI is InChI=1S/C14H13ClN2O/c15-11-4-1-3-10(7-11)9-17-13-5-2-6-14(18)12(13)8-16-17/h1,3-4,7-8H,2,5-6,9H2. The van der Waals surface area contributed by atoms with E-state index in [-0.39, 0.29) is 5.78 Å². The summed E-state index contributed by atoms with van der Waals surface area (Å²) in [5, 5.41) is 5.05. The summed E-state index contributed by atoms with van der Waals surface area (Å²) in [5.74, 6) is 0.216. The summed E-state index contributed by atoms with van der Waals surface area (Å²) in [6, 6.07) is 7.73. The molecule has 18 heavy (non-hydrogen) atoms. The molecule has 1 aromatic heterocycles. The Morgan fingerprint density at radius 2 is 2.22 bits per heavy atom. The largest absolute Gasteiger partial charge is 0.294 e. The predicted octanol–water partition coefficient (Wildman–Crippen LogP) is 3.10. The Kier molecular flexibility index (Phi) is 2.92. The first-order chi connectivity index (χ1) is 8.74. The second kappa shape index (κ2) is 4.58. The molecule has 3 rings (SSSR count). The Balaban J connectivity index is 1.92. The van der Waals surface area contributed by atoms with Crippen molar-refractivity contribution in [1.29, 1.82) is 0 Å². The van der Waals surface area contributed by atoms with Gasteiger partial charge in [-0.25, -0.2) is 0 Å². The Labute approximate surface area is 110 Å². The minimum atomic E-state index is 0.216. The van der Waals surface area contributed by atoms with Crippen LogP contribution in [0.3, 0.4) is 0 Å². The number of benzene rings is 1. The van der Waals surface area contributed by atoms with Crippen LogP contribution in [-0.4, -0.2) is 15.6 Å². The molecule has 4 heteroatoms. The zero-order valence-electron chi connectivity index (χ0n) is 9.90. The van der Waals surface area contributed by atoms with Crippen LogP contribution in [0, 0.1) is 0 Å². The molecule has 1 aromatic carbocycles. The van der Waals surface area contributed by atoms with E-state index >= 15 is 0 Å². The molecule has 0 bridgehead atoms. The minimum Gasteiger partial charge on any atom is -0.294 e. The zero-order chi connectivity index (χ0) is 12.5. The molecule has 0 saturated heterocycles. The zero-order valence-corrected chi connectivity index (χ0v) is 10.7. The van der Waals surface area contributed by atoms with Gasteiger partial charge in [0, 0.05) is 17.1 Å². The molecule has 3 nitrogen and oxygen atoms in total. The fourth-order valence-electron chi connectivity index (χ4n) is 2.40. The lowest BCUT2D eigenvalue weighted by Gasteiger charge is -2.13. The summed E-state index contributed by atoms with van der Waals surface area (Å²) in [6.07, 6.45) is 4.20. The van der Waals surface area contributed by atoms with Gasteiger partial charge < -0.3 is 0 Å². The summed E-state index contributed by atoms with van der Waals surface area (Å²) in [6.45, 7) is 0.670. The molecule has 0 saturated carbocycles. The monoisotopic (exact) mass is 260 g/mol. The first-order valence-electron chi connectivity index (χ1n) is 6.06. The first kappa shape index (κ1) is 11.5. The SMILES string of the molecule is O=C1CCCc2c1cnn2Cc1cccc(Cl)c1. The van der Waals surface area contributed by atoms with E-state index in [2.05, 4.69) is 5.10 Å². The highest BCUT2D eigenvalue weighted by Gasteiger charge is 2.21. The number of hydrogen-bond acceptors (Lipinski definition) is 2. The number of carbonyl (C=O) groups excluding carboxylic acids is 1. The van der Waals surface area contributed by atoms with Crippen LogP contribution in [0.25, 0.3) is 0 Å². The number of carbonyl (C=O) groups is 1. The molecular weight excluding hydrogens is 248 g/mol. The number of Topliss-reactive ketones (excluding diaryl/α,β-unsaturated/α-hetero) is 1. The summed E-state index contributed by atoms with van der Waals surface area (Å²) in [7, 11) is 0. The predicted molar refractivity (Wildman–Crippen MR) is 70.0 cm³/mol. The van der Waals surface area contributed by atoms with E-state index in [0.717, 1.165) is 34.7 Å². The maximum Gasteiger partial charge on any atom is 0.166 e. The fourth-order valence-corrected chi connectivity index (χ4v) is 2.62. The number of halogens is 1. The Bertz CT molecular complexity index is 604. The van der Waals surface area contributed by atoms with Crippen LogP contribution in [0.5, 0.6) is 0 Å². The Hall–Kier alpha value is -1.61. The van der Waals surface area contributed by atoms with E-state index in [0.29, 0.717) is 13.0 Å². The summed E-state index contributed by atoms with van der Waals surface area (Å²) in [5.41, 5.74) is 2.96. The van der Waals surface area contributed by atoms with Crippen molar-refractivity contribution in [1.82, 2.24) is 9.78 Å². The molecule has 1 aliphatic rings. The number of nitrogens with zero attached hydrogens (tertiary/aromatic N) is 2. The van der Waals surface area contributed by atoms with Crippen molar-refractivity contribution in [3.05, 3.63) is 52.3 Å². The molecule has 0 spiro atoms. The van der Waals surface area contributed by atoms with Gasteiger partial charge in [0.1, 0.15) is 0 Å². The van der Waals surface area contributed by atoms with Gasteiger partial charge in [-0.1, -0.05) is 23.7 Å². The number of aromatic nitrogens is 2. The highest BCUT2D eigenvalue weighted by molar-refractivity contribution is 6.30. The van der Waals surface area contributed by atoms with Gasteiger partial charge in [-0.05, 0) is 30.5 Å². The van der Waals surface area contributed by atoms with Crippen molar-refractivity contribution in [2.24, 2.45) is 0 Å². The Morgan fingerprint density at radius 1 is 1.33 bits per heavy atom. The number of ketones is 1. The molecule has 92 valence electrons. The maximum atomic E-state index is 11.7. The third kappa shape index (κ3) is 2.06. The number of hydrogen-bond donors (Lipinski definition) is 0. The second-order valence-electron chi connectivity index (χ2n) is 4.57. The van der Waals surface area contributed by atoms with Gasteiger partial charge in [0.15, 0.2) is 5.78 Å². The molecule has 0 amide bonds. The molecule has 0 N–H and O–H groups in total. The van der Waals surface area contributed by atoms with Crippen LogP contribution in [0.1, 0.15) is 34.5 Å². The van der Waals surface area contributed by atoms with Gasteiger partial charge >= 0.3 is 0 Å². The highest BCUT2D eigenvalue weighted by Crippen LogP contribution is 2.22. The first-order valence-corrected chi connectivity index (χ1v) is 6.44. The van der Waals surface area contributed by atoms with Gasteiger partial charge in [-0.15, -0.1) is 0 Å². The third-order valence-corrected chi connectivity index (χ3v) is 3.52. The lowest BCUT2D eigenvalue weighted by molar-refractivity contribution is 0.0972. The van der Waals surface area contributed by atoms with E-state index in [9.17, 15) is 4.79 Å². The molecule has 0 unspecified atom stereocenters. The summed E-state index contributed by atoms with van der Waals surface area (Å²) >= 11 is 5.97. The van der Waals surface area contributed by atoms with Crippen molar-refractivity contribution in [3.8, 4) is 0 Å². The van der Waals surface area contributed by atoms with Crippen LogP contribution in [-0.2, 0) is 13.0 Å². The van der Waals surface area contributed by atoms with E-state index in [1.165, 1.54) is 0 Å². The van der Waals surface area contributed by atoms with Crippen molar-refractivity contribution >= 4 is 17.4 Å². The van der Waals surface area contributed by atoms with Crippen LogP contribution >= 0.6 is 11.6 Å². The lowest BCUT2D eigenvalue weighted by Crippen LogP contribution is -2.14. The molecular formula is C14H13ClN2O. The van der Waals surface area contributed by atoms with Crippen LogP contribution in [0.2, 0.25) is 5.02 Å². The number of rotatable bonds is 2. The average Bonchev–Trinajstić information content (AvgIpc) is 2.74. The van der Waals surface area contributed by atoms with Crippen LogP contribution in [0.15, 0.2) is 30.5 Å². The number of fused-ring (bicyclic) bond motifs is 1. The van der Waals surface area contributed by atoms with E-state index in [4.69, 9.17) is 11.6 Å². The average molecular weight is 261 g/mol. The molecule has 1 aliphatic carbocycles. The van der Waals surface area contributed by atoms with Gasteiger partial charge in [0.2, 0.25) is 0 Å². The highest BCUT2D eigenvalue weighted by atomic mass is 35.5. The van der Waals surface area contributed by atoms with Gasteiger partial charge in [0.05, 0.1) is 18.3 Å². The molecule has 2 aromatic rings. The van der Waals surface area contributed by atoms with E-state index in [1.807, 2.05) is 28.9 Å². The normalized spacial score (nSPS) is 14.6. The second-order valence-corrected chi connectivity index (χ2v) is 5.01. The van der Waals surface area contributed by atoms with Crippen molar-refractivity contribution in [2.75, 3.05) is 0 Å². The molecule has 0 fully saturated rings. The van der Waals surface area contributed by atoms with Gasteiger partial charge in [0.25, 0.3) is 0 Å².